The van der Waals surface area contributed by atoms with Crippen LogP contribution in [0.1, 0.15) is 26.5 Å². The molecular formula is C19H14BrFN2O3. The molecule has 0 fully saturated rings. The second-order valence-electron chi connectivity index (χ2n) is 5.55. The van der Waals surface area contributed by atoms with Crippen molar-refractivity contribution in [3.8, 4) is 0 Å². The van der Waals surface area contributed by atoms with Crippen LogP contribution in [-0.4, -0.2) is 11.8 Å². The lowest BCUT2D eigenvalue weighted by atomic mass is 10.1. The third-order valence-corrected chi connectivity index (χ3v) is 4.05. The number of hydrogen-bond donors (Lipinski definition) is 2. The Morgan fingerprint density at radius 1 is 1.00 bits per heavy atom. The molecule has 0 atom stereocenters. The number of anilines is 2. The molecule has 0 unspecified atom stereocenters. The number of aryl methyl sites for hydroxylation is 1. The van der Waals surface area contributed by atoms with Gasteiger partial charge >= 0.3 is 0 Å². The van der Waals surface area contributed by atoms with Gasteiger partial charge in [0.1, 0.15) is 5.82 Å². The zero-order valence-electron chi connectivity index (χ0n) is 13.7. The van der Waals surface area contributed by atoms with Gasteiger partial charge in [0.05, 0.1) is 0 Å². The lowest BCUT2D eigenvalue weighted by Crippen LogP contribution is -2.15. The Hall–Kier alpha value is -2.93. The molecule has 7 heteroatoms. The largest absolute Gasteiger partial charge is 0.444 e. The molecule has 0 aliphatic heterocycles. The Kier molecular flexibility index (Phi) is 5.18. The van der Waals surface area contributed by atoms with Crippen LogP contribution < -0.4 is 10.6 Å². The van der Waals surface area contributed by atoms with Gasteiger partial charge in [0, 0.05) is 16.9 Å². The molecule has 0 bridgehead atoms. The van der Waals surface area contributed by atoms with Gasteiger partial charge in [-0.3, -0.25) is 9.59 Å². The number of nitrogens with one attached hydrogen (secondary N) is 2. The lowest BCUT2D eigenvalue weighted by Gasteiger charge is -2.10. The zero-order valence-corrected chi connectivity index (χ0v) is 15.3. The summed E-state index contributed by atoms with van der Waals surface area (Å²) in [6, 6.07) is 13.7. The van der Waals surface area contributed by atoms with E-state index >= 15 is 0 Å². The summed E-state index contributed by atoms with van der Waals surface area (Å²) in [6.07, 6.45) is 0. The molecule has 3 aromatic rings. The van der Waals surface area contributed by atoms with E-state index in [1.165, 1.54) is 24.3 Å². The van der Waals surface area contributed by atoms with Crippen molar-refractivity contribution >= 4 is 39.1 Å². The molecule has 1 heterocycles. The summed E-state index contributed by atoms with van der Waals surface area (Å²) in [5, 5.41) is 5.32. The van der Waals surface area contributed by atoms with Crippen molar-refractivity contribution in [2.75, 3.05) is 10.6 Å². The second kappa shape index (κ2) is 7.53. The number of benzene rings is 2. The smallest absolute Gasteiger partial charge is 0.291 e. The van der Waals surface area contributed by atoms with Gasteiger partial charge in [0.2, 0.25) is 0 Å². The fourth-order valence-electron chi connectivity index (χ4n) is 2.29. The summed E-state index contributed by atoms with van der Waals surface area (Å²) in [4.78, 5) is 24.5. The van der Waals surface area contributed by atoms with Gasteiger partial charge in [0.15, 0.2) is 10.4 Å². The number of amides is 2. The second-order valence-corrected chi connectivity index (χ2v) is 6.33. The molecule has 3 rings (SSSR count). The van der Waals surface area contributed by atoms with Crippen molar-refractivity contribution in [1.29, 1.82) is 0 Å². The summed E-state index contributed by atoms with van der Waals surface area (Å²) >= 11 is 3.13. The molecule has 2 amide bonds. The normalized spacial score (nSPS) is 10.4. The average molecular weight is 417 g/mol. The molecule has 0 saturated heterocycles. The van der Waals surface area contributed by atoms with Gasteiger partial charge < -0.3 is 15.1 Å². The van der Waals surface area contributed by atoms with E-state index in [-0.39, 0.29) is 5.76 Å². The maximum Gasteiger partial charge on any atom is 0.291 e. The quantitative estimate of drug-likeness (QED) is 0.628. The van der Waals surface area contributed by atoms with E-state index in [0.29, 0.717) is 21.6 Å². The Balaban J connectivity index is 1.75. The van der Waals surface area contributed by atoms with E-state index in [0.717, 1.165) is 5.56 Å². The van der Waals surface area contributed by atoms with E-state index in [4.69, 9.17) is 4.42 Å². The molecule has 5 nitrogen and oxygen atoms in total. The van der Waals surface area contributed by atoms with Crippen molar-refractivity contribution in [3.05, 3.63) is 82.0 Å². The Labute approximate surface area is 157 Å². The van der Waals surface area contributed by atoms with Crippen LogP contribution >= 0.6 is 15.9 Å². The third-order valence-electron chi connectivity index (χ3n) is 3.63. The topological polar surface area (TPSA) is 71.3 Å². The highest BCUT2D eigenvalue weighted by Gasteiger charge is 2.13. The van der Waals surface area contributed by atoms with Gasteiger partial charge in [-0.1, -0.05) is 12.1 Å². The highest BCUT2D eigenvalue weighted by atomic mass is 79.9. The first-order valence-electron chi connectivity index (χ1n) is 7.66. The van der Waals surface area contributed by atoms with Gasteiger partial charge in [-0.25, -0.2) is 4.39 Å². The molecule has 2 aromatic carbocycles. The van der Waals surface area contributed by atoms with E-state index in [2.05, 4.69) is 26.6 Å². The fraction of sp³-hybridized carbons (Fsp3) is 0.0526. The maximum atomic E-state index is 13.4. The van der Waals surface area contributed by atoms with Crippen molar-refractivity contribution in [2.45, 2.75) is 6.92 Å². The summed E-state index contributed by atoms with van der Waals surface area (Å²) < 4.78 is 19.0. The zero-order chi connectivity index (χ0) is 18.7. The van der Waals surface area contributed by atoms with E-state index < -0.39 is 17.6 Å². The standard InChI is InChI=1S/C19H14BrFN2O3/c1-11-5-6-13(21)10-15(11)23-18(24)12-3-2-4-14(9-12)22-19(25)16-7-8-17(20)26-16/h2-10H,1H3,(H,22,25)(H,23,24). The van der Waals surface area contributed by atoms with Crippen molar-refractivity contribution in [1.82, 2.24) is 0 Å². The molecule has 0 saturated carbocycles. The van der Waals surface area contributed by atoms with Crippen LogP contribution in [-0.2, 0) is 0 Å². The molecule has 0 radical (unpaired) electrons. The van der Waals surface area contributed by atoms with E-state index in [1.54, 1.807) is 37.3 Å². The maximum absolute atomic E-state index is 13.4. The predicted octanol–water partition coefficient (Wildman–Crippen LogP) is 4.99. The van der Waals surface area contributed by atoms with Crippen molar-refractivity contribution in [2.24, 2.45) is 0 Å². The highest BCUT2D eigenvalue weighted by molar-refractivity contribution is 9.10. The Morgan fingerprint density at radius 2 is 1.81 bits per heavy atom. The van der Waals surface area contributed by atoms with Crippen LogP contribution in [0.3, 0.4) is 0 Å². The predicted molar refractivity (Wildman–Crippen MR) is 99.9 cm³/mol. The molecule has 2 N–H and O–H groups in total. The third kappa shape index (κ3) is 4.18. The summed E-state index contributed by atoms with van der Waals surface area (Å²) in [6.45, 7) is 1.77. The first-order valence-corrected chi connectivity index (χ1v) is 8.46. The summed E-state index contributed by atoms with van der Waals surface area (Å²) in [5.74, 6) is -1.14. The number of carbonyl (C=O) groups excluding carboxylic acids is 2. The fourth-order valence-corrected chi connectivity index (χ4v) is 2.60. The van der Waals surface area contributed by atoms with Gasteiger partial charge in [-0.05, 0) is 70.9 Å². The minimum atomic E-state index is -0.436. The monoisotopic (exact) mass is 416 g/mol. The lowest BCUT2D eigenvalue weighted by molar-refractivity contribution is 0.0992. The minimum absolute atomic E-state index is 0.141. The van der Waals surface area contributed by atoms with Crippen molar-refractivity contribution < 1.29 is 18.4 Å². The van der Waals surface area contributed by atoms with Crippen LogP contribution in [0.2, 0.25) is 0 Å². The first kappa shape index (κ1) is 17.9. The molecule has 132 valence electrons. The average Bonchev–Trinajstić information content (AvgIpc) is 3.05. The van der Waals surface area contributed by atoms with Gasteiger partial charge in [0.25, 0.3) is 11.8 Å². The Bertz CT molecular complexity index is 984. The van der Waals surface area contributed by atoms with Crippen LogP contribution in [0.4, 0.5) is 15.8 Å². The van der Waals surface area contributed by atoms with Crippen molar-refractivity contribution in [3.63, 3.8) is 0 Å². The van der Waals surface area contributed by atoms with E-state index in [9.17, 15) is 14.0 Å². The van der Waals surface area contributed by atoms with E-state index in [1.807, 2.05) is 0 Å². The molecule has 0 aliphatic carbocycles. The number of furan rings is 1. The first-order chi connectivity index (χ1) is 12.4. The molecule has 1 aromatic heterocycles. The molecule has 0 spiro atoms. The highest BCUT2D eigenvalue weighted by Crippen LogP contribution is 2.19. The minimum Gasteiger partial charge on any atom is -0.444 e. The van der Waals surface area contributed by atoms with Crippen LogP contribution in [0, 0.1) is 12.7 Å². The number of halogens is 2. The molecular weight excluding hydrogens is 403 g/mol. The molecule has 0 aliphatic rings. The van der Waals surface area contributed by atoms with Crippen LogP contribution in [0.5, 0.6) is 0 Å². The number of rotatable bonds is 4. The van der Waals surface area contributed by atoms with Gasteiger partial charge in [-0.2, -0.15) is 0 Å². The van der Waals surface area contributed by atoms with Crippen LogP contribution in [0.15, 0.2) is 63.7 Å². The number of hydrogen-bond acceptors (Lipinski definition) is 3. The summed E-state index contributed by atoms with van der Waals surface area (Å²) in [7, 11) is 0. The SMILES string of the molecule is Cc1ccc(F)cc1NC(=O)c1cccc(NC(=O)c2ccc(Br)o2)c1. The van der Waals surface area contributed by atoms with Crippen LogP contribution in [0.25, 0.3) is 0 Å². The Morgan fingerprint density at radius 3 is 2.54 bits per heavy atom. The summed E-state index contributed by atoms with van der Waals surface area (Å²) in [5.41, 5.74) is 1.90. The number of carbonyl (C=O) groups is 2. The molecule has 26 heavy (non-hydrogen) atoms. The van der Waals surface area contributed by atoms with Gasteiger partial charge in [-0.15, -0.1) is 0 Å².